The van der Waals surface area contributed by atoms with Gasteiger partial charge in [-0.25, -0.2) is 9.98 Å². The average molecular weight is 892 g/mol. The number of aromatic nitrogens is 2. The first kappa shape index (κ1) is 38.8. The summed E-state index contributed by atoms with van der Waals surface area (Å²) < 4.78 is 4.95. The lowest BCUT2D eigenvalue weighted by atomic mass is 9.96. The summed E-state index contributed by atoms with van der Waals surface area (Å²) in [5, 5.41) is 20.7. The van der Waals surface area contributed by atoms with Crippen molar-refractivity contribution in [2.24, 2.45) is 9.98 Å². The van der Waals surface area contributed by atoms with Crippen LogP contribution in [0.3, 0.4) is 0 Å². The second-order valence-corrected chi connectivity index (χ2v) is 18.5. The van der Waals surface area contributed by atoms with Crippen LogP contribution >= 0.6 is 0 Å². The fourth-order valence-electron chi connectivity index (χ4n) is 11.6. The standard InChI is InChI=1S/C65H41N5/c1-2-18-41(19-3-1)63-66-64(68-65(67-63)55-38-42-20-5-6-22-44(42)46-24-8-9-25-47(46)55)51-34-36-59(49-27-11-10-26-48(49)51)70-56-30-14-12-28-50(56)54-37-43-21-16-32-58(53(43)39-61(54)70)69-57-31-15-13-29-52(57)62-45-23-7-4-17-40(45)33-35-60(62)69/h1-39,64H,(H,66,67,68). The third-order valence-electron chi connectivity index (χ3n) is 14.7. The molecule has 1 aliphatic heterocycles. The van der Waals surface area contributed by atoms with E-state index in [1.54, 1.807) is 0 Å². The third-order valence-corrected chi connectivity index (χ3v) is 14.7. The van der Waals surface area contributed by atoms with Gasteiger partial charge in [-0.3, -0.25) is 0 Å². The summed E-state index contributed by atoms with van der Waals surface area (Å²) in [7, 11) is 0. The zero-order valence-corrected chi connectivity index (χ0v) is 37.9. The minimum Gasteiger partial charge on any atom is -0.344 e. The number of benzene rings is 12. The molecule has 0 spiro atoms. The maximum atomic E-state index is 5.53. The van der Waals surface area contributed by atoms with Gasteiger partial charge in [0.2, 0.25) is 0 Å². The normalized spacial score (nSPS) is 14.1. The number of rotatable bonds is 5. The van der Waals surface area contributed by atoms with Gasteiger partial charge >= 0.3 is 0 Å². The molecular formula is C65H41N5. The van der Waals surface area contributed by atoms with E-state index in [0.717, 1.165) is 66.5 Å². The van der Waals surface area contributed by atoms with Crippen molar-refractivity contribution in [3.05, 3.63) is 253 Å². The molecule has 0 saturated carbocycles. The Bertz CT molecular complexity index is 4570. The Morgan fingerprint density at radius 2 is 0.943 bits per heavy atom. The summed E-state index contributed by atoms with van der Waals surface area (Å²) >= 11 is 0. The van der Waals surface area contributed by atoms with Crippen LogP contribution in [0.5, 0.6) is 0 Å². The van der Waals surface area contributed by atoms with Crippen LogP contribution in [0.1, 0.15) is 22.9 Å². The molecule has 5 heteroatoms. The number of para-hydroxylation sites is 2. The van der Waals surface area contributed by atoms with E-state index in [0.29, 0.717) is 5.84 Å². The number of fused-ring (bicyclic) bond motifs is 13. The van der Waals surface area contributed by atoms with Crippen molar-refractivity contribution < 1.29 is 0 Å². The Hall–Kier alpha value is -9.32. The van der Waals surface area contributed by atoms with E-state index in [1.807, 2.05) is 6.07 Å². The van der Waals surface area contributed by atoms with Gasteiger partial charge in [0.05, 0.1) is 33.4 Å². The smallest absolute Gasteiger partial charge is 0.160 e. The van der Waals surface area contributed by atoms with Crippen molar-refractivity contribution in [1.82, 2.24) is 14.5 Å². The number of nitrogens with one attached hydrogen (secondary N) is 1. The van der Waals surface area contributed by atoms with Crippen molar-refractivity contribution in [2.75, 3.05) is 0 Å². The predicted octanol–water partition coefficient (Wildman–Crippen LogP) is 16.1. The van der Waals surface area contributed by atoms with E-state index in [1.165, 1.54) is 64.9 Å². The SMILES string of the molecule is c1ccc(C2=NC(c3cc4ccccc4c4ccccc34)=NC(c3ccc(-n4c5ccccc5c5cc6cccc(-n7c8ccccc8c8c9ccccc9ccc87)c6cc54)c4ccccc34)N2)cc1. The monoisotopic (exact) mass is 891 g/mol. The third kappa shape index (κ3) is 5.72. The van der Waals surface area contributed by atoms with Gasteiger partial charge in [-0.15, -0.1) is 0 Å². The highest BCUT2D eigenvalue weighted by atomic mass is 15.2. The Kier molecular flexibility index (Phi) is 8.36. The molecule has 1 N–H and O–H groups in total. The highest BCUT2D eigenvalue weighted by molar-refractivity contribution is 6.24. The van der Waals surface area contributed by atoms with Crippen LogP contribution in [0.25, 0.3) is 109 Å². The molecule has 15 rings (SSSR count). The van der Waals surface area contributed by atoms with Gasteiger partial charge in [0.1, 0.15) is 12.0 Å². The minimum absolute atomic E-state index is 0.417. The van der Waals surface area contributed by atoms with Gasteiger partial charge in [-0.05, 0) is 91.6 Å². The number of nitrogens with zero attached hydrogens (tertiary/aromatic N) is 4. The van der Waals surface area contributed by atoms with Gasteiger partial charge in [0.25, 0.3) is 0 Å². The molecule has 1 aliphatic rings. The highest BCUT2D eigenvalue weighted by Crippen LogP contribution is 2.43. The van der Waals surface area contributed by atoms with Gasteiger partial charge in [0, 0.05) is 49.0 Å². The zero-order chi connectivity index (χ0) is 45.9. The number of aliphatic imine (C=N–C) groups is 2. The molecule has 0 amide bonds. The molecule has 0 saturated heterocycles. The molecule has 0 bridgehead atoms. The molecular weight excluding hydrogens is 851 g/mol. The van der Waals surface area contributed by atoms with Crippen LogP contribution in [0.15, 0.2) is 247 Å². The number of hydrogen-bond acceptors (Lipinski definition) is 3. The molecule has 0 fully saturated rings. The highest BCUT2D eigenvalue weighted by Gasteiger charge is 2.26. The molecule has 1 unspecified atom stereocenters. The lowest BCUT2D eigenvalue weighted by Gasteiger charge is -2.26. The second-order valence-electron chi connectivity index (χ2n) is 18.5. The quantitative estimate of drug-likeness (QED) is 0.172. The predicted molar refractivity (Wildman–Crippen MR) is 294 cm³/mol. The molecule has 2 aromatic heterocycles. The molecule has 3 heterocycles. The summed E-state index contributed by atoms with van der Waals surface area (Å²) in [5.74, 6) is 1.50. The largest absolute Gasteiger partial charge is 0.344 e. The van der Waals surface area contributed by atoms with Crippen LogP contribution < -0.4 is 5.32 Å². The lowest BCUT2D eigenvalue weighted by Crippen LogP contribution is -2.33. The first-order chi connectivity index (χ1) is 34.7. The summed E-state index contributed by atoms with van der Waals surface area (Å²) in [4.78, 5) is 10.8. The molecule has 5 nitrogen and oxygen atoms in total. The van der Waals surface area contributed by atoms with Gasteiger partial charge < -0.3 is 14.5 Å². The average Bonchev–Trinajstić information content (AvgIpc) is 3.94. The molecule has 0 aliphatic carbocycles. The molecule has 70 heavy (non-hydrogen) atoms. The van der Waals surface area contributed by atoms with E-state index in [9.17, 15) is 0 Å². The molecule has 12 aromatic carbocycles. The van der Waals surface area contributed by atoms with Crippen molar-refractivity contribution in [2.45, 2.75) is 6.17 Å². The summed E-state index contributed by atoms with van der Waals surface area (Å²) in [6.07, 6.45) is -0.417. The molecule has 14 aromatic rings. The maximum absolute atomic E-state index is 5.53. The number of hydrogen-bond donors (Lipinski definition) is 1. The Balaban J connectivity index is 0.949. The first-order valence-electron chi connectivity index (χ1n) is 24.0. The van der Waals surface area contributed by atoms with E-state index in [2.05, 4.69) is 245 Å². The fraction of sp³-hybridized carbons (Fsp3) is 0.0154. The van der Waals surface area contributed by atoms with Crippen LogP contribution in [0.2, 0.25) is 0 Å². The minimum atomic E-state index is -0.417. The van der Waals surface area contributed by atoms with Crippen LogP contribution in [-0.2, 0) is 0 Å². The van der Waals surface area contributed by atoms with Gasteiger partial charge in [-0.1, -0.05) is 188 Å². The van der Waals surface area contributed by atoms with Crippen LogP contribution in [-0.4, -0.2) is 20.8 Å². The van der Waals surface area contributed by atoms with E-state index in [-0.39, 0.29) is 0 Å². The summed E-state index contributed by atoms with van der Waals surface area (Å²) in [5.41, 5.74) is 10.1. The van der Waals surface area contributed by atoms with Crippen molar-refractivity contribution >= 4 is 109 Å². The molecule has 1 atom stereocenters. The van der Waals surface area contributed by atoms with Gasteiger partial charge in [-0.2, -0.15) is 0 Å². The lowest BCUT2D eigenvalue weighted by molar-refractivity contribution is 0.680. The van der Waals surface area contributed by atoms with Crippen molar-refractivity contribution in [1.29, 1.82) is 0 Å². The van der Waals surface area contributed by atoms with Gasteiger partial charge in [0.15, 0.2) is 5.84 Å². The first-order valence-corrected chi connectivity index (χ1v) is 24.0. The Morgan fingerprint density at radius 3 is 1.77 bits per heavy atom. The Morgan fingerprint density at radius 1 is 0.343 bits per heavy atom. The van der Waals surface area contributed by atoms with Crippen molar-refractivity contribution in [3.8, 4) is 11.4 Å². The maximum Gasteiger partial charge on any atom is 0.160 e. The Labute approximate surface area is 402 Å². The fourth-order valence-corrected chi connectivity index (χ4v) is 11.6. The molecule has 0 radical (unpaired) electrons. The summed E-state index contributed by atoms with van der Waals surface area (Å²) in [6, 6.07) is 85.9. The number of amidine groups is 2. The van der Waals surface area contributed by atoms with E-state index >= 15 is 0 Å². The topological polar surface area (TPSA) is 46.6 Å². The van der Waals surface area contributed by atoms with E-state index < -0.39 is 6.17 Å². The van der Waals surface area contributed by atoms with Crippen LogP contribution in [0, 0.1) is 0 Å². The van der Waals surface area contributed by atoms with Crippen molar-refractivity contribution in [3.63, 3.8) is 0 Å². The van der Waals surface area contributed by atoms with Crippen LogP contribution in [0.4, 0.5) is 0 Å². The van der Waals surface area contributed by atoms with E-state index in [4.69, 9.17) is 9.98 Å². The summed E-state index contributed by atoms with van der Waals surface area (Å²) in [6.45, 7) is 0. The zero-order valence-electron chi connectivity index (χ0n) is 37.9. The second kappa shape index (κ2) is 15.1. The molecule has 326 valence electrons.